The number of pyridine rings is 1. The molecule has 1 aromatic heterocycles. The van der Waals surface area contributed by atoms with Crippen LogP contribution in [0.3, 0.4) is 0 Å². The summed E-state index contributed by atoms with van der Waals surface area (Å²) in [5.74, 6) is -1.03. The van der Waals surface area contributed by atoms with Crippen LogP contribution in [-0.4, -0.2) is 175 Å². The molecular weight excluding hydrogens is 989 g/mol. The number of carbonyl (C=O) groups is 5. The number of nitrogens with one attached hydrogen (secondary N) is 3. The van der Waals surface area contributed by atoms with Crippen molar-refractivity contribution in [1.82, 2.24) is 34.8 Å². The van der Waals surface area contributed by atoms with Crippen molar-refractivity contribution in [1.29, 1.82) is 0 Å². The summed E-state index contributed by atoms with van der Waals surface area (Å²) in [5, 5.41) is 16.0. The number of hydrogen-bond acceptors (Lipinski definition) is 14. The number of carbonyl (C=O) groups excluding carboxylic acids is 5. The van der Waals surface area contributed by atoms with Crippen molar-refractivity contribution < 1.29 is 33.8 Å². The number of nitrogens with two attached hydrogens (primary N) is 1. The molecule has 78 heavy (non-hydrogen) atoms. The number of aliphatic hydroxyl groups is 1. The number of aldehydes is 1. The van der Waals surface area contributed by atoms with E-state index in [1.807, 2.05) is 32.9 Å². The molecule has 0 radical (unpaired) electrons. The van der Waals surface area contributed by atoms with Gasteiger partial charge in [-0.15, -0.1) is 0 Å². The first kappa shape index (κ1) is 56.4. The zero-order chi connectivity index (χ0) is 55.1. The van der Waals surface area contributed by atoms with E-state index in [1.54, 1.807) is 18.2 Å². The van der Waals surface area contributed by atoms with Gasteiger partial charge in [-0.05, 0) is 156 Å². The Kier molecular flexibility index (Phi) is 18.3. The van der Waals surface area contributed by atoms with Gasteiger partial charge < -0.3 is 50.7 Å². The molecule has 18 nitrogen and oxygen atoms in total. The van der Waals surface area contributed by atoms with Gasteiger partial charge in [-0.1, -0.05) is 30.3 Å². The fourth-order valence-corrected chi connectivity index (χ4v) is 12.5. The number of fused-ring (bicyclic) bond motifs is 1. The van der Waals surface area contributed by atoms with Gasteiger partial charge in [0.15, 0.2) is 0 Å². The molecule has 6 heterocycles. The van der Waals surface area contributed by atoms with Gasteiger partial charge >= 0.3 is 0 Å². The number of ether oxygens (including phenoxy) is 1. The summed E-state index contributed by atoms with van der Waals surface area (Å²) < 4.78 is 5.72. The van der Waals surface area contributed by atoms with E-state index in [0.717, 1.165) is 149 Å². The second-order valence-corrected chi connectivity index (χ2v) is 22.4. The van der Waals surface area contributed by atoms with Crippen LogP contribution >= 0.6 is 0 Å². The maximum absolute atomic E-state index is 14.1. The maximum Gasteiger partial charge on any atom is 0.264 e. The lowest BCUT2D eigenvalue weighted by molar-refractivity contribution is -0.135. The van der Waals surface area contributed by atoms with Gasteiger partial charge in [-0.3, -0.25) is 38.7 Å². The third-order valence-electron chi connectivity index (χ3n) is 17.4. The minimum atomic E-state index is -1.14. The van der Waals surface area contributed by atoms with Gasteiger partial charge in [0.25, 0.3) is 23.3 Å². The summed E-state index contributed by atoms with van der Waals surface area (Å²) in [6, 6.07) is 19.2. The van der Waals surface area contributed by atoms with Gasteiger partial charge in [0.2, 0.25) is 5.91 Å². The van der Waals surface area contributed by atoms with E-state index >= 15 is 0 Å². The molecule has 5 aliphatic heterocycles. The number of piperidine rings is 2. The second kappa shape index (κ2) is 25.2. The summed E-state index contributed by atoms with van der Waals surface area (Å²) in [4.78, 5) is 94.6. The number of benzene rings is 3. The molecule has 18 heteroatoms. The molecule has 0 aliphatic carbocycles. The fourth-order valence-electron chi connectivity index (χ4n) is 12.5. The Balaban J connectivity index is 0.724. The molecule has 1 spiro atoms. The van der Waals surface area contributed by atoms with Crippen molar-refractivity contribution >= 4 is 41.3 Å². The van der Waals surface area contributed by atoms with E-state index in [1.165, 1.54) is 5.56 Å². The third kappa shape index (κ3) is 12.9. The molecule has 2 unspecified atom stereocenters. The number of amides is 4. The number of imide groups is 1. The first-order valence-electron chi connectivity index (χ1n) is 28.3. The summed E-state index contributed by atoms with van der Waals surface area (Å²) in [5.41, 5.74) is 14.6. The van der Waals surface area contributed by atoms with E-state index in [2.05, 4.69) is 77.4 Å². The van der Waals surface area contributed by atoms with Gasteiger partial charge in [0, 0.05) is 119 Å². The highest BCUT2D eigenvalue weighted by Crippen LogP contribution is 2.42. The van der Waals surface area contributed by atoms with Gasteiger partial charge in [0.05, 0.1) is 23.7 Å². The monoisotopic (exact) mass is 1070 g/mol. The van der Waals surface area contributed by atoms with Crippen molar-refractivity contribution in [2.24, 2.45) is 11.1 Å². The molecular formula is C60H80N10O8. The summed E-state index contributed by atoms with van der Waals surface area (Å²) in [7, 11) is 0. The minimum Gasteiger partial charge on any atom is -0.383 e. The highest BCUT2D eigenvalue weighted by Gasteiger charge is 2.42. The first-order valence-corrected chi connectivity index (χ1v) is 28.3. The number of piperazine rings is 1. The van der Waals surface area contributed by atoms with Crippen molar-refractivity contribution in [3.05, 3.63) is 116 Å². The Hall–Kier alpha value is -6.28. The summed E-state index contributed by atoms with van der Waals surface area (Å²) in [6.45, 7) is 19.9. The van der Waals surface area contributed by atoms with Crippen LogP contribution in [0.4, 0.5) is 11.4 Å². The first-order chi connectivity index (χ1) is 37.6. The quantitative estimate of drug-likeness (QED) is 0.0445. The molecule has 4 fully saturated rings. The van der Waals surface area contributed by atoms with Crippen LogP contribution < -0.4 is 26.8 Å². The largest absolute Gasteiger partial charge is 0.383 e. The van der Waals surface area contributed by atoms with Crippen molar-refractivity contribution in [3.63, 3.8) is 0 Å². The van der Waals surface area contributed by atoms with E-state index in [0.29, 0.717) is 55.4 Å². The Morgan fingerprint density at radius 3 is 2.22 bits per heavy atom. The number of rotatable bonds is 20. The number of aryl methyl sites for hydroxylation is 2. The lowest BCUT2D eigenvalue weighted by Crippen LogP contribution is -2.52. The topological polar surface area (TPSA) is 217 Å². The van der Waals surface area contributed by atoms with Crippen LogP contribution in [0.25, 0.3) is 11.1 Å². The van der Waals surface area contributed by atoms with Crippen LogP contribution in [0, 0.1) is 26.2 Å². The minimum absolute atomic E-state index is 0.0840. The zero-order valence-electron chi connectivity index (χ0n) is 46.1. The lowest BCUT2D eigenvalue weighted by Gasteiger charge is -2.47. The Morgan fingerprint density at radius 1 is 0.859 bits per heavy atom. The molecule has 9 rings (SSSR count). The predicted octanol–water partition coefficient (Wildman–Crippen LogP) is 5.06. The van der Waals surface area contributed by atoms with E-state index in [9.17, 15) is 33.9 Å². The number of likely N-dealkylation sites (tertiary alicyclic amines) is 2. The molecule has 6 N–H and O–H groups in total. The Bertz CT molecular complexity index is 2860. The molecule has 0 saturated carbocycles. The Morgan fingerprint density at radius 2 is 1.55 bits per heavy atom. The van der Waals surface area contributed by atoms with E-state index < -0.39 is 24.1 Å². The molecule has 4 aromatic rings. The number of anilines is 2. The molecule has 4 amide bonds. The maximum atomic E-state index is 14.1. The molecule has 3 aromatic carbocycles. The number of hydrogen-bond donors (Lipinski definition) is 5. The number of nitrogens with zero attached hydrogens (tertiary/aromatic N) is 6. The predicted molar refractivity (Wildman–Crippen MR) is 302 cm³/mol. The molecule has 5 aliphatic rings. The van der Waals surface area contributed by atoms with Crippen LogP contribution in [0.2, 0.25) is 0 Å². The lowest BCUT2D eigenvalue weighted by atomic mass is 9.71. The molecule has 418 valence electrons. The molecule has 4 saturated heterocycles. The summed E-state index contributed by atoms with van der Waals surface area (Å²) in [6.07, 6.45) is 5.62. The molecule has 0 bridgehead atoms. The van der Waals surface area contributed by atoms with Gasteiger partial charge in [-0.2, -0.15) is 0 Å². The third-order valence-corrected chi connectivity index (χ3v) is 17.4. The van der Waals surface area contributed by atoms with Crippen molar-refractivity contribution in [2.45, 2.75) is 110 Å². The van der Waals surface area contributed by atoms with Crippen LogP contribution in [0.5, 0.6) is 0 Å². The highest BCUT2D eigenvalue weighted by molar-refractivity contribution is 6.24. The zero-order valence-corrected chi connectivity index (χ0v) is 46.1. The van der Waals surface area contributed by atoms with Crippen LogP contribution in [0.15, 0.2) is 65.5 Å². The average Bonchev–Trinajstić information content (AvgIpc) is 3.74. The molecule has 2 atom stereocenters. The van der Waals surface area contributed by atoms with Crippen molar-refractivity contribution in [3.8, 4) is 11.1 Å². The van der Waals surface area contributed by atoms with Crippen LogP contribution in [0.1, 0.15) is 117 Å². The van der Waals surface area contributed by atoms with Gasteiger partial charge in [-0.25, -0.2) is 0 Å². The number of aromatic amines is 1. The van der Waals surface area contributed by atoms with Gasteiger partial charge in [0.1, 0.15) is 12.5 Å². The van der Waals surface area contributed by atoms with Crippen molar-refractivity contribution in [2.75, 3.05) is 102 Å². The Labute approximate surface area is 458 Å². The fraction of sp³-hybridized carbons (Fsp3) is 0.533. The standard InChI is InChI=1S/C60H80N10O8/c1-5-69(46-15-31-78-32-16-46)52-35-45(34-49(42(52)4)56(74)63-36-50-40(2)33-41(3)64-57(50)75)44-11-9-43(10-12-44)37-66-27-29-67(30-28-66)38-54(73)68-24-19-60(20-25-68)17-22-65(23-18-60)26-21-62-51-8-6-7-48-55(51)59(77)70(58(48)76)47(39-71)13-14-53(61)72/h6-12,33-35,39,46-47,53,62,72H,5,13-32,36-38,61H2,1-4H3,(H,63,74)(H,64,75). The van der Waals surface area contributed by atoms with E-state index in [-0.39, 0.29) is 53.3 Å². The van der Waals surface area contributed by atoms with Crippen LogP contribution in [-0.2, 0) is 27.4 Å². The van der Waals surface area contributed by atoms with E-state index in [4.69, 9.17) is 10.5 Å². The number of aliphatic hydroxyl groups excluding tert-OH is 1. The smallest absolute Gasteiger partial charge is 0.264 e. The SMILES string of the molecule is CCN(c1cc(-c2ccc(CN3CCN(CC(=O)N4CCC5(CCN(CCNc6cccc7c6C(=O)N(C(C=O)CCC(N)O)C7=O)CC5)CC4)CC3)cc2)cc(C(=O)NCc2c(C)cc(C)[nH]c2=O)c1C)C1CCOCC1. The second-order valence-electron chi connectivity index (χ2n) is 22.4. The summed E-state index contributed by atoms with van der Waals surface area (Å²) >= 11 is 0. The number of aromatic nitrogens is 1. The number of H-pyrrole nitrogens is 1. The normalized spacial score (nSPS) is 19.2. The average molecular weight is 1070 g/mol. The highest BCUT2D eigenvalue weighted by atomic mass is 16.5.